The third-order valence-electron chi connectivity index (χ3n) is 4.04. The Morgan fingerprint density at radius 2 is 1.70 bits per heavy atom. The van der Waals surface area contributed by atoms with Gasteiger partial charge in [0.2, 0.25) is 0 Å². The van der Waals surface area contributed by atoms with E-state index in [1.807, 2.05) is 50.2 Å². The number of hydrogen-bond donors (Lipinski definition) is 0. The predicted octanol–water partition coefficient (Wildman–Crippen LogP) is 5.59. The lowest BCUT2D eigenvalue weighted by molar-refractivity contribution is 0.559. The van der Waals surface area contributed by atoms with Crippen LogP contribution < -0.4 is 5.63 Å². The van der Waals surface area contributed by atoms with Gasteiger partial charge in [-0.3, -0.25) is 0 Å². The van der Waals surface area contributed by atoms with Crippen LogP contribution in [0.25, 0.3) is 33.3 Å². The van der Waals surface area contributed by atoms with E-state index in [0.29, 0.717) is 11.3 Å². The van der Waals surface area contributed by atoms with Gasteiger partial charge in [-0.15, -0.1) is 0 Å². The van der Waals surface area contributed by atoms with Crippen LogP contribution in [0.4, 0.5) is 0 Å². The summed E-state index contributed by atoms with van der Waals surface area (Å²) in [6.45, 7) is 3.97. The van der Waals surface area contributed by atoms with Gasteiger partial charge in [0.1, 0.15) is 16.9 Å². The second-order valence-corrected chi connectivity index (χ2v) is 6.59. The minimum atomic E-state index is -0.376. The van der Waals surface area contributed by atoms with Crippen LogP contribution in [-0.4, -0.2) is 0 Å². The van der Waals surface area contributed by atoms with Gasteiger partial charge in [0, 0.05) is 32.4 Å². The largest absolute Gasteiger partial charge is 0.456 e. The molecule has 0 atom stereocenters. The molecule has 23 heavy (non-hydrogen) atoms. The quantitative estimate of drug-likeness (QED) is 0.411. The molecule has 4 rings (SSSR count). The van der Waals surface area contributed by atoms with Gasteiger partial charge in [0.25, 0.3) is 0 Å². The highest BCUT2D eigenvalue weighted by molar-refractivity contribution is 9.10. The molecule has 0 spiro atoms. The van der Waals surface area contributed by atoms with Crippen molar-refractivity contribution < 1.29 is 8.83 Å². The maximum absolute atomic E-state index is 12.0. The third-order valence-corrected chi connectivity index (χ3v) is 4.54. The molecule has 4 heteroatoms. The van der Waals surface area contributed by atoms with Crippen molar-refractivity contribution in [3.8, 4) is 11.3 Å². The number of hydrogen-bond acceptors (Lipinski definition) is 3. The van der Waals surface area contributed by atoms with E-state index >= 15 is 0 Å². The molecule has 2 aromatic carbocycles. The topological polar surface area (TPSA) is 43.4 Å². The Kier molecular flexibility index (Phi) is 3.16. The smallest absolute Gasteiger partial charge is 0.336 e. The van der Waals surface area contributed by atoms with Gasteiger partial charge >= 0.3 is 5.63 Å². The highest BCUT2D eigenvalue weighted by atomic mass is 79.9. The Bertz CT molecular complexity index is 1120. The highest BCUT2D eigenvalue weighted by Crippen LogP contribution is 2.37. The van der Waals surface area contributed by atoms with Gasteiger partial charge in [0.15, 0.2) is 0 Å². The average molecular weight is 369 g/mol. The Morgan fingerprint density at radius 1 is 0.870 bits per heavy atom. The van der Waals surface area contributed by atoms with Gasteiger partial charge in [-0.1, -0.05) is 28.1 Å². The first kappa shape index (κ1) is 14.3. The normalized spacial score (nSPS) is 11.4. The molecule has 0 saturated heterocycles. The van der Waals surface area contributed by atoms with Crippen LogP contribution in [0.2, 0.25) is 0 Å². The fourth-order valence-corrected chi connectivity index (χ4v) is 3.27. The van der Waals surface area contributed by atoms with Crippen LogP contribution >= 0.6 is 15.9 Å². The minimum absolute atomic E-state index is 0.376. The first-order chi connectivity index (χ1) is 11.0. The van der Waals surface area contributed by atoms with E-state index in [-0.39, 0.29) is 5.63 Å². The molecule has 4 aromatic rings. The van der Waals surface area contributed by atoms with Crippen molar-refractivity contribution in [2.45, 2.75) is 13.8 Å². The molecule has 0 unspecified atom stereocenters. The maximum Gasteiger partial charge on any atom is 0.336 e. The summed E-state index contributed by atoms with van der Waals surface area (Å²) in [5.41, 5.74) is 3.82. The van der Waals surface area contributed by atoms with Crippen molar-refractivity contribution in [3.05, 3.63) is 68.5 Å². The monoisotopic (exact) mass is 368 g/mol. The number of fused-ring (bicyclic) bond motifs is 2. The summed E-state index contributed by atoms with van der Waals surface area (Å²) in [4.78, 5) is 12.0. The molecular weight excluding hydrogens is 356 g/mol. The van der Waals surface area contributed by atoms with Crippen molar-refractivity contribution in [1.82, 2.24) is 0 Å². The molecule has 0 aliphatic heterocycles. The van der Waals surface area contributed by atoms with Gasteiger partial charge in [-0.2, -0.15) is 0 Å². The summed E-state index contributed by atoms with van der Waals surface area (Å²) in [5.74, 6) is 0.708. The van der Waals surface area contributed by atoms with Crippen LogP contribution in [-0.2, 0) is 0 Å². The van der Waals surface area contributed by atoms with Gasteiger partial charge in [0.05, 0.1) is 0 Å². The second kappa shape index (κ2) is 5.10. The third kappa shape index (κ3) is 2.30. The minimum Gasteiger partial charge on any atom is -0.456 e. The first-order valence-electron chi connectivity index (χ1n) is 7.26. The van der Waals surface area contributed by atoms with Gasteiger partial charge in [-0.25, -0.2) is 4.79 Å². The van der Waals surface area contributed by atoms with E-state index in [1.165, 1.54) is 6.07 Å². The van der Waals surface area contributed by atoms with Gasteiger partial charge in [-0.05, 0) is 43.7 Å². The zero-order chi connectivity index (χ0) is 16.1. The summed E-state index contributed by atoms with van der Waals surface area (Å²) in [7, 11) is 0. The standard InChI is InChI=1S/C19H13BrO3/c1-10-3-5-13-15(9-18(21)22-17(13)7-10)19-11(2)14-8-12(20)4-6-16(14)23-19/h3-9H,1-2H3. The molecule has 0 bridgehead atoms. The van der Waals surface area contributed by atoms with Crippen molar-refractivity contribution in [2.24, 2.45) is 0 Å². The molecule has 0 N–H and O–H groups in total. The molecular formula is C19H13BrO3. The molecule has 2 heterocycles. The Labute approximate surface area is 140 Å². The lowest BCUT2D eigenvalue weighted by Crippen LogP contribution is -1.98. The SMILES string of the molecule is Cc1ccc2c(-c3oc4ccc(Br)cc4c3C)cc(=O)oc2c1. The average Bonchev–Trinajstić information content (AvgIpc) is 2.83. The Hall–Kier alpha value is -2.33. The Morgan fingerprint density at radius 3 is 2.52 bits per heavy atom. The predicted molar refractivity (Wildman–Crippen MR) is 94.9 cm³/mol. The Balaban J connectivity index is 2.10. The lowest BCUT2D eigenvalue weighted by atomic mass is 10.0. The molecule has 0 amide bonds. The van der Waals surface area contributed by atoms with E-state index in [2.05, 4.69) is 15.9 Å². The van der Waals surface area contributed by atoms with Crippen molar-refractivity contribution in [3.63, 3.8) is 0 Å². The summed E-state index contributed by atoms with van der Waals surface area (Å²) < 4.78 is 12.4. The lowest BCUT2D eigenvalue weighted by Gasteiger charge is -2.04. The van der Waals surface area contributed by atoms with Crippen LogP contribution in [0.5, 0.6) is 0 Å². The summed E-state index contributed by atoms with van der Waals surface area (Å²) >= 11 is 3.48. The molecule has 0 aliphatic rings. The zero-order valence-electron chi connectivity index (χ0n) is 12.6. The summed E-state index contributed by atoms with van der Waals surface area (Å²) in [5, 5.41) is 1.90. The molecule has 2 aromatic heterocycles. The summed E-state index contributed by atoms with van der Waals surface area (Å²) in [6.07, 6.45) is 0. The second-order valence-electron chi connectivity index (χ2n) is 5.68. The fraction of sp³-hybridized carbons (Fsp3) is 0.105. The highest BCUT2D eigenvalue weighted by Gasteiger charge is 2.17. The zero-order valence-corrected chi connectivity index (χ0v) is 14.2. The molecule has 0 aliphatic carbocycles. The van der Waals surface area contributed by atoms with E-state index in [4.69, 9.17) is 8.83 Å². The van der Waals surface area contributed by atoms with Crippen LogP contribution in [0, 0.1) is 13.8 Å². The van der Waals surface area contributed by atoms with E-state index < -0.39 is 0 Å². The van der Waals surface area contributed by atoms with Crippen LogP contribution in [0.1, 0.15) is 11.1 Å². The van der Waals surface area contributed by atoms with E-state index in [1.54, 1.807) is 0 Å². The number of furan rings is 1. The maximum atomic E-state index is 12.0. The molecule has 114 valence electrons. The first-order valence-corrected chi connectivity index (χ1v) is 8.06. The molecule has 0 radical (unpaired) electrons. The fourth-order valence-electron chi connectivity index (χ4n) is 2.91. The number of rotatable bonds is 1. The van der Waals surface area contributed by atoms with Crippen molar-refractivity contribution in [1.29, 1.82) is 0 Å². The van der Waals surface area contributed by atoms with Crippen molar-refractivity contribution in [2.75, 3.05) is 0 Å². The number of benzene rings is 2. The summed E-state index contributed by atoms with van der Waals surface area (Å²) in [6, 6.07) is 13.2. The van der Waals surface area contributed by atoms with Crippen LogP contribution in [0.3, 0.4) is 0 Å². The molecule has 0 fully saturated rings. The van der Waals surface area contributed by atoms with Crippen LogP contribution in [0.15, 0.2) is 60.6 Å². The van der Waals surface area contributed by atoms with E-state index in [0.717, 1.165) is 37.5 Å². The van der Waals surface area contributed by atoms with E-state index in [9.17, 15) is 4.79 Å². The van der Waals surface area contributed by atoms with Gasteiger partial charge < -0.3 is 8.83 Å². The molecule has 3 nitrogen and oxygen atoms in total. The number of halogens is 1. The number of aryl methyl sites for hydroxylation is 2. The van der Waals surface area contributed by atoms with Crippen molar-refractivity contribution >= 4 is 37.9 Å². The molecule has 0 saturated carbocycles.